The lowest BCUT2D eigenvalue weighted by molar-refractivity contribution is 0.0891. The molecular weight excluding hydrogens is 202 g/mol. The Balaban J connectivity index is 2.70. The lowest BCUT2D eigenvalue weighted by atomic mass is 10.1. The molecule has 0 aliphatic carbocycles. The van der Waals surface area contributed by atoms with E-state index in [1.165, 1.54) is 24.3 Å². The van der Waals surface area contributed by atoms with Crippen LogP contribution in [-0.4, -0.2) is 18.9 Å². The molecule has 1 amide bonds. The van der Waals surface area contributed by atoms with Crippen molar-refractivity contribution in [1.29, 1.82) is 5.26 Å². The molecule has 0 unspecified atom stereocenters. The van der Waals surface area contributed by atoms with Crippen LogP contribution in [-0.2, 0) is 0 Å². The molecule has 5 heteroatoms. The zero-order chi connectivity index (χ0) is 11.3. The molecule has 1 N–H and O–H groups in total. The molecule has 0 saturated heterocycles. The molecule has 1 aromatic rings. The molecule has 0 radical (unpaired) electrons. The Hall–Kier alpha value is -1.96. The van der Waals surface area contributed by atoms with Crippen molar-refractivity contribution in [2.45, 2.75) is 6.43 Å². The van der Waals surface area contributed by atoms with Gasteiger partial charge in [-0.25, -0.2) is 8.78 Å². The second-order valence-corrected chi connectivity index (χ2v) is 2.79. The summed E-state index contributed by atoms with van der Waals surface area (Å²) in [5.41, 5.74) is 0.523. The lowest BCUT2D eigenvalue weighted by Crippen LogP contribution is -2.28. The number of nitrogens with one attached hydrogen (secondary N) is 1. The van der Waals surface area contributed by atoms with Gasteiger partial charge in [0.1, 0.15) is 0 Å². The summed E-state index contributed by atoms with van der Waals surface area (Å²) in [5.74, 6) is -0.604. The summed E-state index contributed by atoms with van der Waals surface area (Å²) in [7, 11) is 0. The van der Waals surface area contributed by atoms with Gasteiger partial charge in [-0.15, -0.1) is 0 Å². The van der Waals surface area contributed by atoms with Crippen LogP contribution < -0.4 is 5.32 Å². The van der Waals surface area contributed by atoms with Crippen LogP contribution in [0.2, 0.25) is 0 Å². The summed E-state index contributed by atoms with van der Waals surface area (Å²) in [6.45, 7) is -0.685. The average Bonchev–Trinajstić information content (AvgIpc) is 2.26. The Kier molecular flexibility index (Phi) is 3.75. The second kappa shape index (κ2) is 5.05. The van der Waals surface area contributed by atoms with Crippen LogP contribution in [0.1, 0.15) is 15.9 Å². The van der Waals surface area contributed by atoms with E-state index >= 15 is 0 Å². The average molecular weight is 210 g/mol. The molecule has 3 nitrogen and oxygen atoms in total. The van der Waals surface area contributed by atoms with Gasteiger partial charge < -0.3 is 5.32 Å². The first-order valence-corrected chi connectivity index (χ1v) is 4.20. The van der Waals surface area contributed by atoms with Crippen molar-refractivity contribution >= 4 is 5.91 Å². The molecule has 0 fully saturated rings. The Morgan fingerprint density at radius 3 is 2.87 bits per heavy atom. The Bertz CT molecular complexity index is 399. The number of carbonyl (C=O) groups excluding carboxylic acids is 1. The zero-order valence-corrected chi connectivity index (χ0v) is 7.71. The van der Waals surface area contributed by atoms with Crippen LogP contribution in [0.25, 0.3) is 0 Å². The van der Waals surface area contributed by atoms with Crippen molar-refractivity contribution in [1.82, 2.24) is 5.32 Å². The molecule has 0 atom stereocenters. The number of nitrogens with zero attached hydrogens (tertiary/aromatic N) is 1. The van der Waals surface area contributed by atoms with Gasteiger partial charge in [-0.05, 0) is 18.2 Å². The van der Waals surface area contributed by atoms with E-state index in [1.54, 1.807) is 0 Å². The number of rotatable bonds is 3. The number of amides is 1. The Morgan fingerprint density at radius 1 is 1.53 bits per heavy atom. The van der Waals surface area contributed by atoms with Crippen molar-refractivity contribution in [2.24, 2.45) is 0 Å². The van der Waals surface area contributed by atoms with Crippen molar-refractivity contribution in [3.63, 3.8) is 0 Å². The lowest BCUT2D eigenvalue weighted by Gasteiger charge is -2.03. The van der Waals surface area contributed by atoms with Gasteiger partial charge in [-0.2, -0.15) is 5.26 Å². The first kappa shape index (κ1) is 11.1. The first-order chi connectivity index (χ1) is 7.13. The van der Waals surface area contributed by atoms with E-state index in [0.717, 1.165) is 0 Å². The van der Waals surface area contributed by atoms with Crippen molar-refractivity contribution < 1.29 is 13.6 Å². The fourth-order valence-corrected chi connectivity index (χ4v) is 1.00. The molecule has 0 bridgehead atoms. The molecule has 1 aromatic carbocycles. The molecule has 1 rings (SSSR count). The zero-order valence-electron chi connectivity index (χ0n) is 7.71. The molecule has 0 spiro atoms. The summed E-state index contributed by atoms with van der Waals surface area (Å²) in [6, 6.07) is 7.72. The maximum absolute atomic E-state index is 11.8. The number of carbonyl (C=O) groups is 1. The van der Waals surface area contributed by atoms with E-state index in [1.807, 2.05) is 6.07 Å². The van der Waals surface area contributed by atoms with Crippen LogP contribution >= 0.6 is 0 Å². The normalized spacial score (nSPS) is 9.73. The number of nitriles is 1. The van der Waals surface area contributed by atoms with E-state index in [0.29, 0.717) is 5.56 Å². The van der Waals surface area contributed by atoms with Crippen LogP contribution in [0.15, 0.2) is 24.3 Å². The van der Waals surface area contributed by atoms with Crippen molar-refractivity contribution in [3.8, 4) is 6.07 Å². The minimum Gasteiger partial charge on any atom is -0.346 e. The molecule has 15 heavy (non-hydrogen) atoms. The fourth-order valence-electron chi connectivity index (χ4n) is 1.00. The summed E-state index contributed by atoms with van der Waals surface area (Å²) < 4.78 is 23.6. The molecule has 78 valence electrons. The molecule has 0 aliphatic heterocycles. The van der Waals surface area contributed by atoms with Gasteiger partial charge in [0.25, 0.3) is 12.3 Å². The molecule has 0 saturated carbocycles. The number of alkyl halides is 2. The van der Waals surface area contributed by atoms with E-state index < -0.39 is 18.9 Å². The number of hydrogen-bond donors (Lipinski definition) is 1. The highest BCUT2D eigenvalue weighted by molar-refractivity contribution is 5.94. The highest BCUT2D eigenvalue weighted by Gasteiger charge is 2.08. The van der Waals surface area contributed by atoms with Crippen LogP contribution in [0.4, 0.5) is 8.78 Å². The van der Waals surface area contributed by atoms with Gasteiger partial charge in [-0.3, -0.25) is 4.79 Å². The SMILES string of the molecule is N#Cc1cccc(C(=O)NCC(F)F)c1. The van der Waals surface area contributed by atoms with Gasteiger partial charge in [0.15, 0.2) is 0 Å². The predicted octanol–water partition coefficient (Wildman–Crippen LogP) is 1.55. The number of halogens is 2. The predicted molar refractivity (Wildman–Crippen MR) is 49.5 cm³/mol. The van der Waals surface area contributed by atoms with E-state index in [9.17, 15) is 13.6 Å². The van der Waals surface area contributed by atoms with Crippen molar-refractivity contribution in [3.05, 3.63) is 35.4 Å². The highest BCUT2D eigenvalue weighted by Crippen LogP contribution is 2.04. The fraction of sp³-hybridized carbons (Fsp3) is 0.200. The van der Waals surface area contributed by atoms with Gasteiger partial charge in [0.2, 0.25) is 0 Å². The summed E-state index contributed by atoms with van der Waals surface area (Å²) in [6.07, 6.45) is -2.58. The third kappa shape index (κ3) is 3.35. The summed E-state index contributed by atoms with van der Waals surface area (Å²) in [5, 5.41) is 10.6. The summed E-state index contributed by atoms with van der Waals surface area (Å²) in [4.78, 5) is 11.3. The molecule has 0 aliphatic rings. The third-order valence-corrected chi connectivity index (χ3v) is 1.67. The largest absolute Gasteiger partial charge is 0.346 e. The minimum atomic E-state index is -2.58. The summed E-state index contributed by atoms with van der Waals surface area (Å²) >= 11 is 0. The highest BCUT2D eigenvalue weighted by atomic mass is 19.3. The van der Waals surface area contributed by atoms with Gasteiger partial charge in [0.05, 0.1) is 18.2 Å². The van der Waals surface area contributed by atoms with Crippen LogP contribution in [0.3, 0.4) is 0 Å². The van der Waals surface area contributed by atoms with Gasteiger partial charge in [0, 0.05) is 5.56 Å². The minimum absolute atomic E-state index is 0.203. The number of benzene rings is 1. The van der Waals surface area contributed by atoms with E-state index in [4.69, 9.17) is 5.26 Å². The van der Waals surface area contributed by atoms with Crippen LogP contribution in [0, 0.1) is 11.3 Å². The van der Waals surface area contributed by atoms with Crippen LogP contribution in [0.5, 0.6) is 0 Å². The molecule has 0 heterocycles. The maximum Gasteiger partial charge on any atom is 0.255 e. The first-order valence-electron chi connectivity index (χ1n) is 4.20. The maximum atomic E-state index is 11.8. The van der Waals surface area contributed by atoms with E-state index in [2.05, 4.69) is 5.32 Å². The number of hydrogen-bond acceptors (Lipinski definition) is 2. The topological polar surface area (TPSA) is 52.9 Å². The monoisotopic (exact) mass is 210 g/mol. The van der Waals surface area contributed by atoms with Crippen molar-refractivity contribution in [2.75, 3.05) is 6.54 Å². The second-order valence-electron chi connectivity index (χ2n) is 2.79. The smallest absolute Gasteiger partial charge is 0.255 e. The van der Waals surface area contributed by atoms with E-state index in [-0.39, 0.29) is 5.56 Å². The molecule has 0 aromatic heterocycles. The molecular formula is C10H8F2N2O. The van der Waals surface area contributed by atoms with Gasteiger partial charge >= 0.3 is 0 Å². The quantitative estimate of drug-likeness (QED) is 0.822. The standard InChI is InChI=1S/C10H8F2N2O/c11-9(12)6-14-10(15)8-3-1-2-7(4-8)5-13/h1-4,9H,6H2,(H,14,15). The van der Waals surface area contributed by atoms with Gasteiger partial charge in [-0.1, -0.05) is 6.07 Å². The third-order valence-electron chi connectivity index (χ3n) is 1.67. The Labute approximate surface area is 85.3 Å². The Morgan fingerprint density at radius 2 is 2.27 bits per heavy atom.